The van der Waals surface area contributed by atoms with Crippen molar-refractivity contribution < 1.29 is 13.2 Å². The second-order valence-corrected chi connectivity index (χ2v) is 9.37. The summed E-state index contributed by atoms with van der Waals surface area (Å²) in [4.78, 5) is 16.6. The number of rotatable bonds is 4. The summed E-state index contributed by atoms with van der Waals surface area (Å²) in [6.07, 6.45) is 2.46. The minimum Gasteiger partial charge on any atom is -0.342 e. The van der Waals surface area contributed by atoms with E-state index in [1.165, 1.54) is 0 Å². The number of carbonyl (C=O) groups is 1. The number of aromatic nitrogens is 1. The van der Waals surface area contributed by atoms with Gasteiger partial charge in [0.1, 0.15) is 10.6 Å². The number of amides is 1. The third-order valence-corrected chi connectivity index (χ3v) is 6.79. The molecule has 2 aliphatic heterocycles. The quantitative estimate of drug-likeness (QED) is 0.793. The molecule has 3 rings (SSSR count). The van der Waals surface area contributed by atoms with Gasteiger partial charge in [0.05, 0.1) is 0 Å². The lowest BCUT2D eigenvalue weighted by Crippen LogP contribution is -2.49. The SMILES string of the molecule is CC(C)CN1CCN(S(=O)(=O)c2cc3n(c2)CCCN(C)C3=O)CC1. The molecule has 8 heteroatoms. The maximum absolute atomic E-state index is 13.0. The summed E-state index contributed by atoms with van der Waals surface area (Å²) < 4.78 is 29.3. The zero-order chi connectivity index (χ0) is 18.2. The van der Waals surface area contributed by atoms with Crippen LogP contribution in [-0.2, 0) is 16.6 Å². The highest BCUT2D eigenvalue weighted by Crippen LogP contribution is 2.23. The molecular formula is C17H28N4O3S. The molecule has 0 N–H and O–H groups in total. The predicted octanol–water partition coefficient (Wildman–Crippen LogP) is 0.926. The number of hydrogen-bond donors (Lipinski definition) is 0. The number of sulfonamides is 1. The van der Waals surface area contributed by atoms with Crippen LogP contribution in [0.4, 0.5) is 0 Å². The van der Waals surface area contributed by atoms with Gasteiger partial charge in [-0.1, -0.05) is 13.8 Å². The van der Waals surface area contributed by atoms with E-state index in [4.69, 9.17) is 0 Å². The Labute approximate surface area is 150 Å². The summed E-state index contributed by atoms with van der Waals surface area (Å²) in [5, 5.41) is 0. The van der Waals surface area contributed by atoms with Gasteiger partial charge in [-0.3, -0.25) is 4.79 Å². The molecule has 0 aliphatic carbocycles. The fraction of sp³-hybridized carbons (Fsp3) is 0.706. The second-order valence-electron chi connectivity index (χ2n) is 7.43. The number of fused-ring (bicyclic) bond motifs is 1. The van der Waals surface area contributed by atoms with Crippen LogP contribution in [0.5, 0.6) is 0 Å². The largest absolute Gasteiger partial charge is 0.342 e. The molecule has 1 aromatic heterocycles. The highest BCUT2D eigenvalue weighted by molar-refractivity contribution is 7.89. The molecule has 0 atom stereocenters. The van der Waals surface area contributed by atoms with Crippen molar-refractivity contribution in [1.82, 2.24) is 18.7 Å². The van der Waals surface area contributed by atoms with E-state index in [0.29, 0.717) is 37.8 Å². The van der Waals surface area contributed by atoms with Crippen LogP contribution in [0.15, 0.2) is 17.2 Å². The first-order valence-corrected chi connectivity index (χ1v) is 10.4. The van der Waals surface area contributed by atoms with E-state index in [-0.39, 0.29) is 10.8 Å². The van der Waals surface area contributed by atoms with Crippen LogP contribution < -0.4 is 0 Å². The Morgan fingerprint density at radius 3 is 2.40 bits per heavy atom. The van der Waals surface area contributed by atoms with Gasteiger partial charge in [0.25, 0.3) is 5.91 Å². The highest BCUT2D eigenvalue weighted by Gasteiger charge is 2.31. The number of hydrogen-bond acceptors (Lipinski definition) is 4. The lowest BCUT2D eigenvalue weighted by atomic mass is 10.2. The van der Waals surface area contributed by atoms with E-state index >= 15 is 0 Å². The van der Waals surface area contributed by atoms with Crippen molar-refractivity contribution in [3.63, 3.8) is 0 Å². The van der Waals surface area contributed by atoms with E-state index in [2.05, 4.69) is 18.7 Å². The zero-order valence-electron chi connectivity index (χ0n) is 15.3. The van der Waals surface area contributed by atoms with Crippen molar-refractivity contribution in [1.29, 1.82) is 0 Å². The standard InChI is InChI=1S/C17H28N4O3S/c1-14(2)12-19-7-9-21(10-8-19)25(23,24)15-11-16-17(22)18(3)5-4-6-20(16)13-15/h11,13-14H,4-10,12H2,1-3H3. The first kappa shape index (κ1) is 18.4. The van der Waals surface area contributed by atoms with Crippen molar-refractivity contribution >= 4 is 15.9 Å². The molecule has 140 valence electrons. The number of carbonyl (C=O) groups excluding carboxylic acids is 1. The summed E-state index contributed by atoms with van der Waals surface area (Å²) >= 11 is 0. The Morgan fingerprint density at radius 1 is 1.08 bits per heavy atom. The fourth-order valence-electron chi connectivity index (χ4n) is 3.58. The molecule has 3 heterocycles. The Bertz CT molecular complexity index is 733. The van der Waals surface area contributed by atoms with Gasteiger partial charge >= 0.3 is 0 Å². The van der Waals surface area contributed by atoms with Gasteiger partial charge < -0.3 is 14.4 Å². The molecule has 0 bridgehead atoms. The van der Waals surface area contributed by atoms with E-state index in [1.54, 1.807) is 33.1 Å². The van der Waals surface area contributed by atoms with Gasteiger partial charge in [0, 0.05) is 59.1 Å². The molecule has 2 aliphatic rings. The molecular weight excluding hydrogens is 340 g/mol. The molecule has 0 unspecified atom stereocenters. The van der Waals surface area contributed by atoms with Gasteiger partial charge in [0.15, 0.2) is 0 Å². The van der Waals surface area contributed by atoms with Gasteiger partial charge in [-0.05, 0) is 18.4 Å². The second kappa shape index (κ2) is 7.09. The average Bonchev–Trinajstić information content (AvgIpc) is 2.93. The van der Waals surface area contributed by atoms with Crippen molar-refractivity contribution in [2.24, 2.45) is 5.92 Å². The van der Waals surface area contributed by atoms with Crippen LogP contribution in [0.2, 0.25) is 0 Å². The molecule has 25 heavy (non-hydrogen) atoms. The van der Waals surface area contributed by atoms with Crippen LogP contribution in [0.25, 0.3) is 0 Å². The van der Waals surface area contributed by atoms with Crippen molar-refractivity contribution in [3.05, 3.63) is 18.0 Å². The Morgan fingerprint density at radius 2 is 1.76 bits per heavy atom. The molecule has 1 fully saturated rings. The average molecular weight is 369 g/mol. The van der Waals surface area contributed by atoms with E-state index in [0.717, 1.165) is 26.1 Å². The smallest absolute Gasteiger partial charge is 0.270 e. The van der Waals surface area contributed by atoms with E-state index < -0.39 is 10.0 Å². The third kappa shape index (κ3) is 3.75. The molecule has 1 aromatic rings. The van der Waals surface area contributed by atoms with Crippen LogP contribution in [0, 0.1) is 5.92 Å². The maximum atomic E-state index is 13.0. The summed E-state index contributed by atoms with van der Waals surface area (Å²) in [7, 11) is -1.79. The number of piperazine rings is 1. The summed E-state index contributed by atoms with van der Waals surface area (Å²) in [5.41, 5.74) is 0.469. The zero-order valence-corrected chi connectivity index (χ0v) is 16.1. The Hall–Kier alpha value is -1.38. The van der Waals surface area contributed by atoms with Crippen LogP contribution in [-0.4, -0.2) is 79.3 Å². The molecule has 1 saturated heterocycles. The highest BCUT2D eigenvalue weighted by atomic mass is 32.2. The van der Waals surface area contributed by atoms with E-state index in [9.17, 15) is 13.2 Å². The van der Waals surface area contributed by atoms with Gasteiger partial charge in [0.2, 0.25) is 10.0 Å². The maximum Gasteiger partial charge on any atom is 0.270 e. The summed E-state index contributed by atoms with van der Waals surface area (Å²) in [6.45, 7) is 9.22. The number of aryl methyl sites for hydroxylation is 1. The van der Waals surface area contributed by atoms with Crippen molar-refractivity contribution in [2.45, 2.75) is 31.7 Å². The minimum absolute atomic E-state index is 0.110. The molecule has 0 spiro atoms. The van der Waals surface area contributed by atoms with Crippen LogP contribution >= 0.6 is 0 Å². The van der Waals surface area contributed by atoms with Crippen molar-refractivity contribution in [2.75, 3.05) is 46.3 Å². The summed E-state index contributed by atoms with van der Waals surface area (Å²) in [5.74, 6) is 0.467. The number of nitrogens with zero attached hydrogens (tertiary/aromatic N) is 4. The van der Waals surface area contributed by atoms with Crippen molar-refractivity contribution in [3.8, 4) is 0 Å². The van der Waals surface area contributed by atoms with Gasteiger partial charge in [-0.25, -0.2) is 8.42 Å². The third-order valence-electron chi connectivity index (χ3n) is 4.92. The fourth-order valence-corrected chi connectivity index (χ4v) is 5.05. The molecule has 0 saturated carbocycles. The van der Waals surface area contributed by atoms with Gasteiger partial charge in [-0.15, -0.1) is 0 Å². The molecule has 1 amide bonds. The molecule has 0 aromatic carbocycles. The first-order valence-electron chi connectivity index (χ1n) is 8.97. The van der Waals surface area contributed by atoms with Gasteiger partial charge in [-0.2, -0.15) is 4.31 Å². The normalized spacial score (nSPS) is 20.8. The molecule has 0 radical (unpaired) electrons. The summed E-state index contributed by atoms with van der Waals surface area (Å²) in [6, 6.07) is 1.54. The topological polar surface area (TPSA) is 65.9 Å². The van der Waals surface area contributed by atoms with Crippen LogP contribution in [0.1, 0.15) is 30.8 Å². The van der Waals surface area contributed by atoms with E-state index in [1.807, 2.05) is 0 Å². The molecule has 7 nitrogen and oxygen atoms in total. The first-order chi connectivity index (χ1) is 11.8. The lowest BCUT2D eigenvalue weighted by molar-refractivity contribution is 0.0796. The Balaban J connectivity index is 1.77. The monoisotopic (exact) mass is 368 g/mol. The Kier molecular flexibility index (Phi) is 5.22. The van der Waals surface area contributed by atoms with Crippen LogP contribution in [0.3, 0.4) is 0 Å². The lowest BCUT2D eigenvalue weighted by Gasteiger charge is -2.34. The minimum atomic E-state index is -3.55. The predicted molar refractivity (Wildman–Crippen MR) is 96.0 cm³/mol.